The number of anilines is 2. The van der Waals surface area contributed by atoms with Gasteiger partial charge in [-0.25, -0.2) is 0 Å². The molecule has 4 nitrogen and oxygen atoms in total. The Morgan fingerprint density at radius 3 is 2.76 bits per heavy atom. The summed E-state index contributed by atoms with van der Waals surface area (Å²) >= 11 is 5.84. The van der Waals surface area contributed by atoms with Crippen LogP contribution in [0.1, 0.15) is 10.4 Å². The van der Waals surface area contributed by atoms with Gasteiger partial charge in [-0.3, -0.25) is 4.79 Å². The lowest BCUT2D eigenvalue weighted by molar-refractivity contribution is 0.0997. The number of Topliss-reactive ketones (excluding diaryl/α,β-unsaturated/α-hetero) is 1. The van der Waals surface area contributed by atoms with Crippen LogP contribution in [0.3, 0.4) is 0 Å². The number of hydrogen-bond donors (Lipinski definition) is 1. The average Bonchev–Trinajstić information content (AvgIpc) is 2.48. The molecule has 1 aliphatic heterocycles. The Morgan fingerprint density at radius 2 is 2.00 bits per heavy atom. The Balaban J connectivity index is 1.83. The van der Waals surface area contributed by atoms with Crippen LogP contribution in [0, 0.1) is 0 Å². The second kappa shape index (κ2) is 5.66. The molecule has 1 aliphatic rings. The van der Waals surface area contributed by atoms with Crippen LogP contribution >= 0.6 is 11.6 Å². The monoisotopic (exact) mass is 302 g/mol. The van der Waals surface area contributed by atoms with Gasteiger partial charge in [-0.2, -0.15) is 0 Å². The molecule has 1 heterocycles. The van der Waals surface area contributed by atoms with Crippen molar-refractivity contribution in [3.63, 3.8) is 0 Å². The van der Waals surface area contributed by atoms with Gasteiger partial charge in [-0.05, 0) is 36.4 Å². The molecule has 108 valence electrons. The molecule has 0 radical (unpaired) electrons. The summed E-state index contributed by atoms with van der Waals surface area (Å²) in [6.45, 7) is 1.46. The minimum Gasteiger partial charge on any atom is -0.489 e. The molecule has 0 spiro atoms. The highest BCUT2D eigenvalue weighted by Gasteiger charge is 2.22. The number of carbonyl (C=O) groups excluding carboxylic acids is 1. The number of halogens is 1. The number of nitrogens with two attached hydrogens (primary N) is 1. The third-order valence-electron chi connectivity index (χ3n) is 3.47. The first kappa shape index (κ1) is 13.8. The van der Waals surface area contributed by atoms with E-state index < -0.39 is 0 Å². The van der Waals surface area contributed by atoms with E-state index >= 15 is 0 Å². The SMILES string of the molecule is Nc1cccc2c1N(CC(=O)c1ccc(Cl)cc1)CCO2. The van der Waals surface area contributed by atoms with Crippen molar-refractivity contribution in [2.24, 2.45) is 0 Å². The summed E-state index contributed by atoms with van der Waals surface area (Å²) in [4.78, 5) is 14.3. The van der Waals surface area contributed by atoms with Crippen LogP contribution < -0.4 is 15.4 Å². The minimum absolute atomic E-state index is 0.0303. The number of hydrogen-bond acceptors (Lipinski definition) is 4. The highest BCUT2D eigenvalue weighted by Crippen LogP contribution is 2.36. The highest BCUT2D eigenvalue weighted by molar-refractivity contribution is 6.30. The van der Waals surface area contributed by atoms with Crippen LogP contribution in [0.4, 0.5) is 11.4 Å². The van der Waals surface area contributed by atoms with E-state index in [1.54, 1.807) is 24.3 Å². The third-order valence-corrected chi connectivity index (χ3v) is 3.72. The molecule has 0 bridgehead atoms. The lowest BCUT2D eigenvalue weighted by Crippen LogP contribution is -2.37. The van der Waals surface area contributed by atoms with Gasteiger partial charge in [0.25, 0.3) is 0 Å². The fraction of sp³-hybridized carbons (Fsp3) is 0.188. The van der Waals surface area contributed by atoms with E-state index in [0.717, 1.165) is 11.4 Å². The zero-order valence-electron chi connectivity index (χ0n) is 11.4. The normalized spacial score (nSPS) is 13.5. The molecule has 2 aromatic carbocycles. The molecular weight excluding hydrogens is 288 g/mol. The van der Waals surface area contributed by atoms with Crippen molar-refractivity contribution in [3.05, 3.63) is 53.1 Å². The van der Waals surface area contributed by atoms with Crippen molar-refractivity contribution in [2.75, 3.05) is 30.3 Å². The molecule has 21 heavy (non-hydrogen) atoms. The van der Waals surface area contributed by atoms with Crippen molar-refractivity contribution >= 4 is 28.8 Å². The Morgan fingerprint density at radius 1 is 1.24 bits per heavy atom. The average molecular weight is 303 g/mol. The summed E-state index contributed by atoms with van der Waals surface area (Å²) in [6, 6.07) is 12.4. The predicted molar refractivity (Wildman–Crippen MR) is 84.3 cm³/mol. The van der Waals surface area contributed by atoms with E-state index in [1.165, 1.54) is 0 Å². The smallest absolute Gasteiger partial charge is 0.182 e. The molecule has 0 fully saturated rings. The van der Waals surface area contributed by atoms with E-state index in [-0.39, 0.29) is 12.3 Å². The molecule has 5 heteroatoms. The van der Waals surface area contributed by atoms with Crippen LogP contribution in [0.25, 0.3) is 0 Å². The fourth-order valence-corrected chi connectivity index (χ4v) is 2.56. The van der Waals surface area contributed by atoms with Gasteiger partial charge in [0.05, 0.1) is 18.8 Å². The molecule has 0 atom stereocenters. The summed E-state index contributed by atoms with van der Waals surface area (Å²) in [7, 11) is 0. The maximum Gasteiger partial charge on any atom is 0.182 e. The van der Waals surface area contributed by atoms with E-state index in [1.807, 2.05) is 23.1 Å². The second-order valence-corrected chi connectivity index (χ2v) is 5.33. The summed E-state index contributed by atoms with van der Waals surface area (Å²) in [5, 5.41) is 0.618. The molecule has 0 saturated carbocycles. The summed E-state index contributed by atoms with van der Waals surface area (Å²) in [6.07, 6.45) is 0. The van der Waals surface area contributed by atoms with Gasteiger partial charge in [-0.15, -0.1) is 0 Å². The van der Waals surface area contributed by atoms with Gasteiger partial charge in [0.2, 0.25) is 0 Å². The Labute approximate surface area is 128 Å². The number of para-hydroxylation sites is 1. The van der Waals surface area contributed by atoms with Crippen molar-refractivity contribution in [1.82, 2.24) is 0 Å². The fourth-order valence-electron chi connectivity index (χ4n) is 2.43. The first-order valence-electron chi connectivity index (χ1n) is 6.70. The number of nitrogens with zero attached hydrogens (tertiary/aromatic N) is 1. The van der Waals surface area contributed by atoms with Crippen LogP contribution in [-0.2, 0) is 0 Å². The molecule has 0 aliphatic carbocycles. The number of nitrogen functional groups attached to an aromatic ring is 1. The highest BCUT2D eigenvalue weighted by atomic mass is 35.5. The van der Waals surface area contributed by atoms with Crippen LogP contribution in [0.2, 0.25) is 5.02 Å². The number of carbonyl (C=O) groups is 1. The van der Waals surface area contributed by atoms with Gasteiger partial charge in [0.15, 0.2) is 5.78 Å². The quantitative estimate of drug-likeness (QED) is 0.699. The van der Waals surface area contributed by atoms with Crippen molar-refractivity contribution < 1.29 is 9.53 Å². The van der Waals surface area contributed by atoms with Gasteiger partial charge < -0.3 is 15.4 Å². The predicted octanol–water partition coefficient (Wildman–Crippen LogP) is 3.00. The van der Waals surface area contributed by atoms with Crippen LogP contribution in [0.5, 0.6) is 5.75 Å². The number of ketones is 1. The molecule has 0 unspecified atom stereocenters. The van der Waals surface area contributed by atoms with Crippen molar-refractivity contribution in [3.8, 4) is 5.75 Å². The van der Waals surface area contributed by atoms with Crippen molar-refractivity contribution in [2.45, 2.75) is 0 Å². The second-order valence-electron chi connectivity index (χ2n) is 4.89. The molecule has 3 rings (SSSR count). The molecule has 2 N–H and O–H groups in total. The van der Waals surface area contributed by atoms with E-state index in [4.69, 9.17) is 22.1 Å². The topological polar surface area (TPSA) is 55.6 Å². The van der Waals surface area contributed by atoms with E-state index in [2.05, 4.69) is 0 Å². The van der Waals surface area contributed by atoms with Gasteiger partial charge >= 0.3 is 0 Å². The first-order valence-corrected chi connectivity index (χ1v) is 7.08. The van der Waals surface area contributed by atoms with Gasteiger partial charge in [-0.1, -0.05) is 17.7 Å². The number of ether oxygens (including phenoxy) is 1. The third kappa shape index (κ3) is 2.81. The standard InChI is InChI=1S/C16H15ClN2O2/c17-12-6-4-11(5-7-12)14(20)10-19-8-9-21-15-3-1-2-13(18)16(15)19/h1-7H,8-10,18H2. The molecule has 0 amide bonds. The summed E-state index contributed by atoms with van der Waals surface area (Å²) < 4.78 is 5.59. The minimum atomic E-state index is 0.0303. The summed E-state index contributed by atoms with van der Waals surface area (Å²) in [5.74, 6) is 0.757. The molecule has 0 aromatic heterocycles. The molecule has 0 saturated heterocycles. The van der Waals surface area contributed by atoms with E-state index in [9.17, 15) is 4.79 Å². The number of rotatable bonds is 3. The Hall–Kier alpha value is -2.20. The zero-order valence-corrected chi connectivity index (χ0v) is 12.1. The lowest BCUT2D eigenvalue weighted by atomic mass is 10.1. The maximum atomic E-state index is 12.4. The lowest BCUT2D eigenvalue weighted by Gasteiger charge is -2.31. The van der Waals surface area contributed by atoms with Gasteiger partial charge in [0, 0.05) is 10.6 Å². The Kier molecular flexibility index (Phi) is 3.71. The van der Waals surface area contributed by atoms with Crippen molar-refractivity contribution in [1.29, 1.82) is 0 Å². The molecular formula is C16H15ClN2O2. The largest absolute Gasteiger partial charge is 0.489 e. The van der Waals surface area contributed by atoms with Crippen LogP contribution in [0.15, 0.2) is 42.5 Å². The zero-order chi connectivity index (χ0) is 14.8. The Bertz CT molecular complexity index is 670. The number of benzene rings is 2. The van der Waals surface area contributed by atoms with E-state index in [0.29, 0.717) is 29.4 Å². The van der Waals surface area contributed by atoms with Gasteiger partial charge in [0.1, 0.15) is 18.0 Å². The first-order chi connectivity index (χ1) is 10.1. The number of fused-ring (bicyclic) bond motifs is 1. The molecule has 2 aromatic rings. The summed E-state index contributed by atoms with van der Waals surface area (Å²) in [5.41, 5.74) is 8.07. The van der Waals surface area contributed by atoms with Crippen LogP contribution in [-0.4, -0.2) is 25.5 Å². The maximum absolute atomic E-state index is 12.4.